The Morgan fingerprint density at radius 3 is 2.33 bits per heavy atom. The lowest BCUT2D eigenvalue weighted by atomic mass is 9.65. The number of esters is 1. The van der Waals surface area contributed by atoms with Gasteiger partial charge < -0.3 is 14.2 Å². The number of rotatable bonds is 6. The molecular weight excluding hydrogens is 348 g/mol. The Bertz CT molecular complexity index is 731. The van der Waals surface area contributed by atoms with E-state index < -0.39 is 11.0 Å². The maximum atomic E-state index is 12.9. The van der Waals surface area contributed by atoms with E-state index in [1.807, 2.05) is 6.07 Å². The van der Waals surface area contributed by atoms with Gasteiger partial charge >= 0.3 is 5.97 Å². The van der Waals surface area contributed by atoms with Crippen LogP contribution in [0, 0.1) is 0 Å². The lowest BCUT2D eigenvalue weighted by Gasteiger charge is -2.36. The average molecular weight is 376 g/mol. The third-order valence-corrected chi connectivity index (χ3v) is 4.83. The minimum absolute atomic E-state index is 0.0617. The molecule has 0 radical (unpaired) electrons. The van der Waals surface area contributed by atoms with E-state index in [1.165, 1.54) is 7.11 Å². The summed E-state index contributed by atoms with van der Waals surface area (Å²) < 4.78 is 16.0. The minimum Gasteiger partial charge on any atom is -0.493 e. The van der Waals surface area contributed by atoms with Gasteiger partial charge in [-0.05, 0) is 51.3 Å². The van der Waals surface area contributed by atoms with Gasteiger partial charge in [-0.2, -0.15) is 0 Å². The predicted octanol–water partition coefficient (Wildman–Crippen LogP) is 3.39. The Kier molecular flexibility index (Phi) is 6.29. The van der Waals surface area contributed by atoms with Crippen molar-refractivity contribution in [2.45, 2.75) is 63.9 Å². The van der Waals surface area contributed by atoms with Crippen molar-refractivity contribution in [3.05, 3.63) is 23.8 Å². The monoisotopic (exact) mass is 376 g/mol. The summed E-state index contributed by atoms with van der Waals surface area (Å²) in [6.07, 6.45) is 0.981. The van der Waals surface area contributed by atoms with Crippen molar-refractivity contribution < 1.29 is 28.6 Å². The van der Waals surface area contributed by atoms with E-state index in [1.54, 1.807) is 40.0 Å². The molecule has 0 bridgehead atoms. The number of methoxy groups -OCH3 is 2. The zero-order valence-electron chi connectivity index (χ0n) is 16.7. The highest BCUT2D eigenvalue weighted by Gasteiger charge is 2.44. The second-order valence-electron chi connectivity index (χ2n) is 7.88. The molecule has 1 unspecified atom stereocenters. The van der Waals surface area contributed by atoms with E-state index in [0.717, 1.165) is 5.56 Å². The number of hydrogen-bond acceptors (Lipinski definition) is 6. The summed E-state index contributed by atoms with van der Waals surface area (Å²) in [4.78, 5) is 36.9. The molecule has 1 atom stereocenters. The highest BCUT2D eigenvalue weighted by Crippen LogP contribution is 2.42. The van der Waals surface area contributed by atoms with Crippen molar-refractivity contribution in [2.24, 2.45) is 0 Å². The maximum Gasteiger partial charge on any atom is 0.306 e. The molecule has 1 aliphatic carbocycles. The highest BCUT2D eigenvalue weighted by molar-refractivity contribution is 6.07. The zero-order chi connectivity index (χ0) is 20.2. The average Bonchev–Trinajstić information content (AvgIpc) is 2.59. The summed E-state index contributed by atoms with van der Waals surface area (Å²) >= 11 is 0. The Hall–Kier alpha value is -2.37. The molecule has 6 nitrogen and oxygen atoms in total. The van der Waals surface area contributed by atoms with Crippen LogP contribution in [0.15, 0.2) is 18.2 Å². The number of hydrogen-bond donors (Lipinski definition) is 0. The van der Waals surface area contributed by atoms with Crippen LogP contribution in [0.1, 0.15) is 58.4 Å². The van der Waals surface area contributed by atoms with E-state index >= 15 is 0 Å². The lowest BCUT2D eigenvalue weighted by Crippen LogP contribution is -2.42. The van der Waals surface area contributed by atoms with Gasteiger partial charge in [0.25, 0.3) is 0 Å². The summed E-state index contributed by atoms with van der Waals surface area (Å²) in [7, 11) is 3.07. The first kappa shape index (κ1) is 20.9. The van der Waals surface area contributed by atoms with E-state index in [-0.39, 0.29) is 30.4 Å². The normalized spacial score (nSPS) is 20.3. The summed E-state index contributed by atoms with van der Waals surface area (Å²) in [5.41, 5.74) is -0.744. The SMILES string of the molecule is COc1ccc(C2(CCC(=O)OC(C)(C)C)CCC(=O)CC2=O)cc1OC. The molecule has 1 saturated carbocycles. The Morgan fingerprint density at radius 2 is 1.78 bits per heavy atom. The van der Waals surface area contributed by atoms with Crippen molar-refractivity contribution in [2.75, 3.05) is 14.2 Å². The first-order chi connectivity index (χ1) is 12.6. The summed E-state index contributed by atoms with van der Waals surface area (Å²) in [6.45, 7) is 5.41. The third kappa shape index (κ3) is 4.87. The van der Waals surface area contributed by atoms with Crippen LogP contribution in [0.3, 0.4) is 0 Å². The fourth-order valence-electron chi connectivity index (χ4n) is 3.48. The van der Waals surface area contributed by atoms with Gasteiger partial charge in [0.2, 0.25) is 0 Å². The smallest absolute Gasteiger partial charge is 0.306 e. The van der Waals surface area contributed by atoms with E-state index in [9.17, 15) is 14.4 Å². The lowest BCUT2D eigenvalue weighted by molar-refractivity contribution is -0.155. The van der Waals surface area contributed by atoms with E-state index in [4.69, 9.17) is 14.2 Å². The highest BCUT2D eigenvalue weighted by atomic mass is 16.6. The minimum atomic E-state index is -0.898. The van der Waals surface area contributed by atoms with Gasteiger partial charge in [-0.1, -0.05) is 6.07 Å². The van der Waals surface area contributed by atoms with Crippen LogP contribution in [-0.2, 0) is 24.5 Å². The fraction of sp³-hybridized carbons (Fsp3) is 0.571. The van der Waals surface area contributed by atoms with Crippen LogP contribution < -0.4 is 9.47 Å². The van der Waals surface area contributed by atoms with Crippen LogP contribution in [0.25, 0.3) is 0 Å². The van der Waals surface area contributed by atoms with Crippen LogP contribution in [0.5, 0.6) is 11.5 Å². The molecule has 1 aromatic rings. The number of benzene rings is 1. The molecule has 0 amide bonds. The Balaban J connectivity index is 2.35. The van der Waals surface area contributed by atoms with Crippen molar-refractivity contribution in [1.29, 1.82) is 0 Å². The molecule has 0 saturated heterocycles. The third-order valence-electron chi connectivity index (χ3n) is 4.83. The number of Topliss-reactive ketones (excluding diaryl/α,β-unsaturated/α-hetero) is 2. The Morgan fingerprint density at radius 1 is 1.11 bits per heavy atom. The van der Waals surface area contributed by atoms with Gasteiger partial charge in [0.15, 0.2) is 17.3 Å². The van der Waals surface area contributed by atoms with Crippen LogP contribution in [0.2, 0.25) is 0 Å². The molecular formula is C21H28O6. The van der Waals surface area contributed by atoms with Gasteiger partial charge in [-0.25, -0.2) is 0 Å². The van der Waals surface area contributed by atoms with Gasteiger partial charge in [-0.3, -0.25) is 14.4 Å². The topological polar surface area (TPSA) is 78.9 Å². The molecule has 27 heavy (non-hydrogen) atoms. The molecule has 0 N–H and O–H groups in total. The quantitative estimate of drug-likeness (QED) is 0.559. The summed E-state index contributed by atoms with van der Waals surface area (Å²) in [5.74, 6) is 0.495. The molecule has 0 heterocycles. The molecule has 148 valence electrons. The van der Waals surface area contributed by atoms with Crippen LogP contribution in [0.4, 0.5) is 0 Å². The molecule has 1 aliphatic rings. The van der Waals surface area contributed by atoms with Gasteiger partial charge in [-0.15, -0.1) is 0 Å². The van der Waals surface area contributed by atoms with Gasteiger partial charge in [0.05, 0.1) is 26.1 Å². The van der Waals surface area contributed by atoms with E-state index in [0.29, 0.717) is 30.8 Å². The second kappa shape index (κ2) is 8.11. The summed E-state index contributed by atoms with van der Waals surface area (Å²) in [5, 5.41) is 0. The Labute approximate surface area is 160 Å². The second-order valence-corrected chi connectivity index (χ2v) is 7.88. The van der Waals surface area contributed by atoms with E-state index in [2.05, 4.69) is 0 Å². The zero-order valence-corrected chi connectivity index (χ0v) is 16.7. The largest absolute Gasteiger partial charge is 0.493 e. The molecule has 0 spiro atoms. The molecule has 0 aromatic heterocycles. The number of carbonyl (C=O) groups is 3. The number of ether oxygens (including phenoxy) is 3. The van der Waals surface area contributed by atoms with Crippen molar-refractivity contribution in [1.82, 2.24) is 0 Å². The van der Waals surface area contributed by atoms with Gasteiger partial charge in [0.1, 0.15) is 11.4 Å². The van der Waals surface area contributed by atoms with Gasteiger partial charge in [0, 0.05) is 12.8 Å². The number of carbonyl (C=O) groups excluding carboxylic acids is 3. The van der Waals surface area contributed by atoms with Crippen LogP contribution in [-0.4, -0.2) is 37.4 Å². The summed E-state index contributed by atoms with van der Waals surface area (Å²) in [6, 6.07) is 5.32. The molecule has 1 aromatic carbocycles. The van der Waals surface area contributed by atoms with Crippen LogP contribution >= 0.6 is 0 Å². The first-order valence-corrected chi connectivity index (χ1v) is 9.10. The maximum absolute atomic E-state index is 12.9. The van der Waals surface area contributed by atoms with Crippen molar-refractivity contribution in [3.63, 3.8) is 0 Å². The first-order valence-electron chi connectivity index (χ1n) is 9.10. The van der Waals surface area contributed by atoms with Crippen molar-refractivity contribution in [3.8, 4) is 11.5 Å². The molecule has 1 fully saturated rings. The molecule has 2 rings (SSSR count). The number of ketones is 2. The molecule has 0 aliphatic heterocycles. The fourth-order valence-corrected chi connectivity index (χ4v) is 3.48. The van der Waals surface area contributed by atoms with Crippen molar-refractivity contribution >= 4 is 17.5 Å². The molecule has 6 heteroatoms. The predicted molar refractivity (Wildman–Crippen MR) is 100 cm³/mol. The standard InChI is InChI=1S/C21H28O6/c1-20(2,3)27-19(24)9-11-21(10-8-15(22)13-18(21)23)14-6-7-16(25-4)17(12-14)26-5/h6-7,12H,8-11,13H2,1-5H3.